The molecule has 0 fully saturated rings. The predicted molar refractivity (Wildman–Crippen MR) is 301 cm³/mol. The first-order valence-electron chi connectivity index (χ1n) is 22.2. The van der Waals surface area contributed by atoms with Gasteiger partial charge in [-0.05, 0) is 171 Å². The van der Waals surface area contributed by atoms with Gasteiger partial charge in [-0.3, -0.25) is 0 Å². The first-order chi connectivity index (χ1) is 33.8. The molecule has 19 heteroatoms. The van der Waals surface area contributed by atoms with E-state index in [2.05, 4.69) is 177 Å². The molecule has 0 spiro atoms. The summed E-state index contributed by atoms with van der Waals surface area (Å²) in [5.41, 5.74) is 7.16. The average Bonchev–Trinajstić information content (AvgIpc) is 4.22. The van der Waals surface area contributed by atoms with E-state index in [1.807, 2.05) is 121 Å². The van der Waals surface area contributed by atoms with Crippen molar-refractivity contribution < 1.29 is 0 Å². The number of H-pyrrole nitrogens is 4. The van der Waals surface area contributed by atoms with Crippen LogP contribution in [0.4, 0.5) is 46.0 Å². The molecule has 0 aliphatic carbocycles. The largest absolute Gasteiger partial charge is 0.341 e. The van der Waals surface area contributed by atoms with Crippen LogP contribution in [0.15, 0.2) is 204 Å². The number of aromatic nitrogens is 4. The number of hydrogen-bond acceptors (Lipinski definition) is 8. The van der Waals surface area contributed by atoms with Crippen LogP contribution in [0.25, 0.3) is 0 Å². The summed E-state index contributed by atoms with van der Waals surface area (Å²) in [5, 5.41) is 34.9. The smallest absolute Gasteiger partial charge is 0.180 e. The first kappa shape index (κ1) is 54.5. The minimum Gasteiger partial charge on any atom is -0.341 e. The van der Waals surface area contributed by atoms with E-state index < -0.39 is 4.30 Å². The lowest BCUT2D eigenvalue weighted by Gasteiger charge is -2.30. The van der Waals surface area contributed by atoms with Crippen LogP contribution in [0, 0.1) is 0 Å². The molecule has 0 radical (unpaired) electrons. The lowest BCUT2D eigenvalue weighted by molar-refractivity contribution is 0.456. The fraction of sp³-hybridized carbons (Fsp3) is 0.216. The highest BCUT2D eigenvalue weighted by molar-refractivity contribution is 9.11. The quantitative estimate of drug-likeness (QED) is 0.0536. The first-order valence-corrected chi connectivity index (χ1v) is 26.7. The molecule has 8 aromatic rings. The maximum Gasteiger partial charge on any atom is 0.180 e. The molecule has 8 rings (SSSR count). The summed E-state index contributed by atoms with van der Waals surface area (Å²) in [4.78, 5) is 13.8. The second-order valence-electron chi connectivity index (χ2n) is 15.6. The van der Waals surface area contributed by atoms with Gasteiger partial charge in [-0.25, -0.2) is 0 Å². The van der Waals surface area contributed by atoms with Gasteiger partial charge in [0.15, 0.2) is 27.6 Å². The van der Waals surface area contributed by atoms with Crippen molar-refractivity contribution in [3.05, 3.63) is 186 Å². The number of alkyl halides is 3. The number of benzene rings is 4. The van der Waals surface area contributed by atoms with Crippen LogP contribution in [0.1, 0.15) is 76.2 Å². The maximum atomic E-state index is 4.81. The van der Waals surface area contributed by atoms with Gasteiger partial charge in [0, 0.05) is 51.5 Å². The molecule has 0 saturated heterocycles. The highest BCUT2D eigenvalue weighted by Gasteiger charge is 2.35. The molecular weight excluding hydrogens is 1210 g/mol. The lowest BCUT2D eigenvalue weighted by atomic mass is 9.76. The number of azo groups is 4. The zero-order valence-electron chi connectivity index (χ0n) is 38.5. The molecule has 362 valence electrons. The zero-order valence-corrected chi connectivity index (χ0v) is 47.1. The van der Waals surface area contributed by atoms with Crippen LogP contribution in [-0.4, -0.2) is 24.2 Å². The third kappa shape index (κ3) is 15.1. The van der Waals surface area contributed by atoms with Crippen LogP contribution in [-0.2, 0) is 10.8 Å². The number of halogens is 7. The molecule has 0 unspecified atom stereocenters. The van der Waals surface area contributed by atoms with Gasteiger partial charge in [0.05, 0.1) is 22.7 Å². The molecule has 70 heavy (non-hydrogen) atoms. The van der Waals surface area contributed by atoms with Crippen molar-refractivity contribution in [3.8, 4) is 0 Å². The molecule has 4 heterocycles. The van der Waals surface area contributed by atoms with Crippen molar-refractivity contribution >= 4 is 145 Å². The minimum atomic E-state index is -0.750. The van der Waals surface area contributed by atoms with E-state index in [-0.39, 0.29) is 10.8 Å². The van der Waals surface area contributed by atoms with Gasteiger partial charge in [-0.1, -0.05) is 126 Å². The van der Waals surface area contributed by atoms with Crippen LogP contribution < -0.4 is 0 Å². The van der Waals surface area contributed by atoms with E-state index in [1.54, 1.807) is 0 Å². The Kier molecular flexibility index (Phi) is 20.7. The fourth-order valence-electron chi connectivity index (χ4n) is 7.68. The molecular formula is C51H49Br4Cl3N12. The maximum absolute atomic E-state index is 4.81. The van der Waals surface area contributed by atoms with Gasteiger partial charge in [-0.2, -0.15) is 0 Å². The van der Waals surface area contributed by atoms with E-state index in [1.165, 1.54) is 0 Å². The Morgan fingerprint density at radius 3 is 0.686 bits per heavy atom. The van der Waals surface area contributed by atoms with Crippen LogP contribution >= 0.6 is 98.5 Å². The van der Waals surface area contributed by atoms with Crippen LogP contribution in [0.3, 0.4) is 0 Å². The highest BCUT2D eigenvalue weighted by Crippen LogP contribution is 2.41. The van der Waals surface area contributed by atoms with Gasteiger partial charge in [0.2, 0.25) is 0 Å². The third-order valence-corrected chi connectivity index (χ3v) is 13.7. The van der Waals surface area contributed by atoms with Crippen molar-refractivity contribution in [2.24, 2.45) is 40.9 Å². The number of aromatic amines is 4. The summed E-state index contributed by atoms with van der Waals surface area (Å²) in [7, 11) is 0. The average molecular weight is 1260 g/mol. The molecule has 0 amide bonds. The summed E-state index contributed by atoms with van der Waals surface area (Å²) in [6.07, 6.45) is 3.66. The second kappa shape index (κ2) is 26.6. The number of rotatable bonds is 16. The Labute approximate surface area is 456 Å². The number of nitrogens with zero attached hydrogens (tertiary/aromatic N) is 8. The Balaban J connectivity index is 0.000000213. The molecule has 0 aliphatic heterocycles. The summed E-state index contributed by atoms with van der Waals surface area (Å²) in [6.45, 7) is 8.77. The Bertz CT molecular complexity index is 2570. The van der Waals surface area contributed by atoms with Crippen molar-refractivity contribution in [1.29, 1.82) is 0 Å². The van der Waals surface area contributed by atoms with E-state index in [4.69, 9.17) is 34.8 Å². The molecule has 4 aromatic heterocycles. The number of hydrogen-bond donors (Lipinski definition) is 4. The van der Waals surface area contributed by atoms with E-state index in [0.29, 0.717) is 0 Å². The van der Waals surface area contributed by atoms with Gasteiger partial charge in [0.25, 0.3) is 0 Å². The van der Waals surface area contributed by atoms with E-state index in [0.717, 1.165) is 112 Å². The molecule has 0 saturated carbocycles. The highest BCUT2D eigenvalue weighted by atomic mass is 79.9. The third-order valence-electron chi connectivity index (χ3n) is 11.6. The normalized spacial score (nSPS) is 12.1. The summed E-state index contributed by atoms with van der Waals surface area (Å²) < 4.78 is 3.31. The predicted octanol–water partition coefficient (Wildman–Crippen LogP) is 21.6. The monoisotopic (exact) mass is 1250 g/mol. The van der Waals surface area contributed by atoms with Crippen molar-refractivity contribution in [2.45, 2.75) is 68.5 Å². The standard InChI is InChI=1S/2C25H24Br2N6.CHCl3/c2*1-3-25(4-2,21-13-15-23(28-21)32-30-19-9-5-17(26)6-10-19)22-14-16-24(29-22)33-31-20-11-7-18(27)8-12-20;2-1(3)4/h2*5-16,28-29H,3-4H2,1-2H3;1H. The zero-order chi connectivity index (χ0) is 50.1. The van der Waals surface area contributed by atoms with Gasteiger partial charge < -0.3 is 19.9 Å². The summed E-state index contributed by atoms with van der Waals surface area (Å²) in [5.74, 6) is 2.89. The van der Waals surface area contributed by atoms with Crippen LogP contribution in [0.2, 0.25) is 0 Å². The van der Waals surface area contributed by atoms with Crippen molar-refractivity contribution in [3.63, 3.8) is 0 Å². The Morgan fingerprint density at radius 1 is 0.329 bits per heavy atom. The fourth-order valence-corrected chi connectivity index (χ4v) is 8.73. The van der Waals surface area contributed by atoms with E-state index >= 15 is 0 Å². The van der Waals surface area contributed by atoms with Gasteiger partial charge in [0.1, 0.15) is 0 Å². The molecule has 0 atom stereocenters. The SMILES string of the molecule is CCC(CC)(c1ccc(N=Nc2ccc(Br)cc2)[nH]1)c1ccc(N=Nc2ccc(Br)cc2)[nH]1.CCC(CC)(c1ccc(N=Nc2ccc(Br)cc2)[nH]1)c1ccc(N=Nc2ccc(Br)cc2)[nH]1.ClC(Cl)Cl. The molecule has 4 aromatic carbocycles. The van der Waals surface area contributed by atoms with Gasteiger partial charge in [-0.15, -0.1) is 40.9 Å². The Hall–Kier alpha value is -4.81. The van der Waals surface area contributed by atoms with Crippen molar-refractivity contribution in [1.82, 2.24) is 19.9 Å². The molecule has 0 bridgehead atoms. The second-order valence-corrected chi connectivity index (χ2v) is 21.2. The topological polar surface area (TPSA) is 162 Å². The summed E-state index contributed by atoms with van der Waals surface area (Å²) >= 11 is 28.2. The molecule has 12 nitrogen and oxygen atoms in total. The lowest BCUT2D eigenvalue weighted by Crippen LogP contribution is -2.26. The molecule has 0 aliphatic rings. The number of nitrogens with one attached hydrogen (secondary N) is 4. The van der Waals surface area contributed by atoms with Crippen LogP contribution in [0.5, 0.6) is 0 Å². The summed E-state index contributed by atoms with van der Waals surface area (Å²) in [6, 6.07) is 47.2. The van der Waals surface area contributed by atoms with Gasteiger partial charge >= 0.3 is 0 Å². The minimum absolute atomic E-state index is 0.212. The van der Waals surface area contributed by atoms with Crippen molar-refractivity contribution in [2.75, 3.05) is 0 Å². The molecule has 4 N–H and O–H groups in total. The van der Waals surface area contributed by atoms with E-state index in [9.17, 15) is 0 Å². The Morgan fingerprint density at radius 2 is 0.514 bits per heavy atom.